The van der Waals surface area contributed by atoms with E-state index in [-0.39, 0.29) is 5.91 Å². The molecule has 0 spiro atoms. The highest BCUT2D eigenvalue weighted by Crippen LogP contribution is 2.44. The predicted octanol–water partition coefficient (Wildman–Crippen LogP) is 3.55. The second-order valence-corrected chi connectivity index (χ2v) is 8.06. The second kappa shape index (κ2) is 6.67. The lowest BCUT2D eigenvalue weighted by atomic mass is 9.89. The quantitative estimate of drug-likeness (QED) is 0.762. The molecule has 144 valence electrons. The Balaban J connectivity index is 1.37. The molecule has 2 aliphatic rings. The SMILES string of the molecule is COc1ccc([C@H]2[C@@H]3CN(C(=O)c4cc5ccccc5[nH]4)C[C@@H]3CN2C)cc1. The second-order valence-electron chi connectivity index (χ2n) is 8.06. The van der Waals surface area contributed by atoms with E-state index in [1.165, 1.54) is 5.56 Å². The van der Waals surface area contributed by atoms with Crippen LogP contribution in [0.2, 0.25) is 0 Å². The van der Waals surface area contributed by atoms with E-state index in [4.69, 9.17) is 4.74 Å². The molecule has 3 atom stereocenters. The number of likely N-dealkylation sites (tertiary alicyclic amines) is 2. The van der Waals surface area contributed by atoms with Gasteiger partial charge in [-0.15, -0.1) is 0 Å². The topological polar surface area (TPSA) is 48.6 Å². The molecule has 5 rings (SSSR count). The van der Waals surface area contributed by atoms with Crippen molar-refractivity contribution in [2.24, 2.45) is 11.8 Å². The van der Waals surface area contributed by atoms with Gasteiger partial charge in [0.15, 0.2) is 0 Å². The maximum atomic E-state index is 13.1. The number of nitrogens with one attached hydrogen (secondary N) is 1. The molecule has 3 aromatic rings. The predicted molar refractivity (Wildman–Crippen MR) is 110 cm³/mol. The normalized spacial score (nSPS) is 24.6. The molecule has 2 aliphatic heterocycles. The van der Waals surface area contributed by atoms with E-state index in [9.17, 15) is 4.79 Å². The molecule has 2 aromatic carbocycles. The summed E-state index contributed by atoms with van der Waals surface area (Å²) in [5.41, 5.74) is 3.01. The van der Waals surface area contributed by atoms with Crippen LogP contribution >= 0.6 is 0 Å². The Morgan fingerprint density at radius 1 is 1.07 bits per heavy atom. The number of carbonyl (C=O) groups is 1. The van der Waals surface area contributed by atoms with Crippen molar-refractivity contribution in [3.05, 3.63) is 65.9 Å². The van der Waals surface area contributed by atoms with Gasteiger partial charge in [0, 0.05) is 42.5 Å². The van der Waals surface area contributed by atoms with Crippen LogP contribution in [0, 0.1) is 11.8 Å². The Hall–Kier alpha value is -2.79. The van der Waals surface area contributed by atoms with E-state index in [0.29, 0.717) is 23.6 Å². The maximum absolute atomic E-state index is 13.1. The smallest absolute Gasteiger partial charge is 0.270 e. The summed E-state index contributed by atoms with van der Waals surface area (Å²) in [6.45, 7) is 2.66. The standard InChI is InChI=1S/C23H25N3O2/c1-25-12-17-13-26(23(27)21-11-16-5-3-4-6-20(16)24-21)14-19(17)22(25)15-7-9-18(28-2)10-8-15/h3-11,17,19,22,24H,12-14H2,1-2H3/t17-,19+,22-/m0/s1. The summed E-state index contributed by atoms with van der Waals surface area (Å²) < 4.78 is 5.30. The van der Waals surface area contributed by atoms with Gasteiger partial charge < -0.3 is 14.6 Å². The van der Waals surface area contributed by atoms with Crippen molar-refractivity contribution in [1.29, 1.82) is 0 Å². The summed E-state index contributed by atoms with van der Waals surface area (Å²) in [5.74, 6) is 1.97. The number of amides is 1. The van der Waals surface area contributed by atoms with Crippen LogP contribution in [-0.2, 0) is 0 Å². The molecule has 2 fully saturated rings. The number of hydrogen-bond acceptors (Lipinski definition) is 3. The average molecular weight is 375 g/mol. The molecule has 0 radical (unpaired) electrons. The first-order valence-electron chi connectivity index (χ1n) is 9.85. The Kier molecular flexibility index (Phi) is 4.13. The van der Waals surface area contributed by atoms with Crippen molar-refractivity contribution in [2.45, 2.75) is 6.04 Å². The summed E-state index contributed by atoms with van der Waals surface area (Å²) in [6.07, 6.45) is 0. The summed E-state index contributed by atoms with van der Waals surface area (Å²) in [7, 11) is 3.88. The average Bonchev–Trinajstić information content (AvgIpc) is 3.39. The Bertz CT molecular complexity index is 977. The first-order valence-corrected chi connectivity index (χ1v) is 9.85. The number of hydrogen-bond donors (Lipinski definition) is 1. The van der Waals surface area contributed by atoms with Crippen LogP contribution in [0.25, 0.3) is 10.9 Å². The van der Waals surface area contributed by atoms with Gasteiger partial charge in [0.1, 0.15) is 11.4 Å². The third kappa shape index (κ3) is 2.78. The van der Waals surface area contributed by atoms with Crippen LogP contribution in [0.3, 0.4) is 0 Å². The molecule has 3 heterocycles. The number of nitrogens with zero attached hydrogens (tertiary/aromatic N) is 2. The maximum Gasteiger partial charge on any atom is 0.270 e. The van der Waals surface area contributed by atoms with E-state index >= 15 is 0 Å². The van der Waals surface area contributed by atoms with E-state index < -0.39 is 0 Å². The molecular formula is C23H25N3O2. The molecule has 1 amide bonds. The lowest BCUT2D eigenvalue weighted by Crippen LogP contribution is -2.33. The minimum atomic E-state index is 0.113. The zero-order valence-corrected chi connectivity index (χ0v) is 16.3. The third-order valence-corrected chi connectivity index (χ3v) is 6.40. The number of methoxy groups -OCH3 is 1. The van der Waals surface area contributed by atoms with Crippen LogP contribution in [0.15, 0.2) is 54.6 Å². The van der Waals surface area contributed by atoms with Crippen LogP contribution in [-0.4, -0.2) is 54.5 Å². The Morgan fingerprint density at radius 2 is 1.86 bits per heavy atom. The van der Waals surface area contributed by atoms with Crippen molar-refractivity contribution >= 4 is 16.8 Å². The van der Waals surface area contributed by atoms with E-state index in [2.05, 4.69) is 29.1 Å². The number of fused-ring (bicyclic) bond motifs is 2. The molecule has 0 unspecified atom stereocenters. The number of carbonyl (C=O) groups excluding carboxylic acids is 1. The zero-order valence-electron chi connectivity index (χ0n) is 16.3. The summed E-state index contributed by atoms with van der Waals surface area (Å²) in [6, 6.07) is 18.7. The lowest BCUT2D eigenvalue weighted by Gasteiger charge is -2.27. The highest BCUT2D eigenvalue weighted by Gasteiger charge is 2.47. The molecule has 1 aromatic heterocycles. The fourth-order valence-electron chi connectivity index (χ4n) is 5.09. The first-order chi connectivity index (χ1) is 13.6. The number of H-pyrrole nitrogens is 1. The van der Waals surface area contributed by atoms with E-state index in [0.717, 1.165) is 36.3 Å². The van der Waals surface area contributed by atoms with Gasteiger partial charge in [0.05, 0.1) is 7.11 Å². The highest BCUT2D eigenvalue weighted by atomic mass is 16.5. The monoisotopic (exact) mass is 375 g/mol. The number of aromatic amines is 1. The molecule has 5 heteroatoms. The largest absolute Gasteiger partial charge is 0.497 e. The van der Waals surface area contributed by atoms with E-state index in [1.54, 1.807) is 7.11 Å². The zero-order chi connectivity index (χ0) is 19.3. The summed E-state index contributed by atoms with van der Waals surface area (Å²) in [4.78, 5) is 20.9. The lowest BCUT2D eigenvalue weighted by molar-refractivity contribution is 0.0763. The third-order valence-electron chi connectivity index (χ3n) is 6.40. The van der Waals surface area contributed by atoms with Gasteiger partial charge in [-0.2, -0.15) is 0 Å². The van der Waals surface area contributed by atoms with Gasteiger partial charge in [-0.3, -0.25) is 9.69 Å². The van der Waals surface area contributed by atoms with Gasteiger partial charge in [0.2, 0.25) is 0 Å². The fourth-order valence-corrected chi connectivity index (χ4v) is 5.09. The molecule has 0 aliphatic carbocycles. The molecular weight excluding hydrogens is 350 g/mol. The molecule has 1 N–H and O–H groups in total. The van der Waals surface area contributed by atoms with Crippen molar-refractivity contribution in [1.82, 2.24) is 14.8 Å². The van der Waals surface area contributed by atoms with E-state index in [1.807, 2.05) is 47.4 Å². The van der Waals surface area contributed by atoms with Gasteiger partial charge in [-0.25, -0.2) is 0 Å². The highest BCUT2D eigenvalue weighted by molar-refractivity contribution is 5.98. The number of rotatable bonds is 3. The Morgan fingerprint density at radius 3 is 2.61 bits per heavy atom. The molecule has 0 bridgehead atoms. The summed E-state index contributed by atoms with van der Waals surface area (Å²) in [5, 5.41) is 1.08. The van der Waals surface area contributed by atoms with Crippen molar-refractivity contribution in [3.63, 3.8) is 0 Å². The number of benzene rings is 2. The van der Waals surface area contributed by atoms with Crippen molar-refractivity contribution in [2.75, 3.05) is 33.8 Å². The van der Waals surface area contributed by atoms with Crippen LogP contribution in [0.1, 0.15) is 22.1 Å². The van der Waals surface area contributed by atoms with Crippen LogP contribution in [0.5, 0.6) is 5.75 Å². The minimum absolute atomic E-state index is 0.113. The van der Waals surface area contributed by atoms with Gasteiger partial charge in [-0.1, -0.05) is 30.3 Å². The Labute approximate surface area is 164 Å². The number of aromatic nitrogens is 1. The molecule has 5 nitrogen and oxygen atoms in total. The number of para-hydroxylation sites is 1. The van der Waals surface area contributed by atoms with Crippen molar-refractivity contribution < 1.29 is 9.53 Å². The molecule has 0 saturated carbocycles. The van der Waals surface area contributed by atoms with Gasteiger partial charge >= 0.3 is 0 Å². The summed E-state index contributed by atoms with van der Waals surface area (Å²) >= 11 is 0. The van der Waals surface area contributed by atoms with Crippen molar-refractivity contribution in [3.8, 4) is 5.75 Å². The van der Waals surface area contributed by atoms with Crippen LogP contribution in [0.4, 0.5) is 0 Å². The molecule has 28 heavy (non-hydrogen) atoms. The van der Waals surface area contributed by atoms with Gasteiger partial charge in [0.25, 0.3) is 5.91 Å². The first kappa shape index (κ1) is 17.3. The molecule has 2 saturated heterocycles. The number of ether oxygens (including phenoxy) is 1. The van der Waals surface area contributed by atoms with Gasteiger partial charge in [-0.05, 0) is 42.8 Å². The van der Waals surface area contributed by atoms with Crippen LogP contribution < -0.4 is 4.74 Å². The minimum Gasteiger partial charge on any atom is -0.497 e. The fraction of sp³-hybridized carbons (Fsp3) is 0.348.